The Kier molecular flexibility index (Phi) is 3.98. The highest BCUT2D eigenvalue weighted by molar-refractivity contribution is 7.89. The van der Waals surface area contributed by atoms with Crippen molar-refractivity contribution in [3.8, 4) is 0 Å². The van der Waals surface area contributed by atoms with Gasteiger partial charge in [0.25, 0.3) is 10.0 Å². The predicted molar refractivity (Wildman–Crippen MR) is 71.1 cm³/mol. The maximum atomic E-state index is 12.1. The molecule has 19 heavy (non-hydrogen) atoms. The van der Waals surface area contributed by atoms with Gasteiger partial charge in [0.1, 0.15) is 5.82 Å². The van der Waals surface area contributed by atoms with E-state index in [0.29, 0.717) is 5.82 Å². The monoisotopic (exact) mass is 287 g/mol. The van der Waals surface area contributed by atoms with Gasteiger partial charge in [-0.3, -0.25) is 0 Å². The van der Waals surface area contributed by atoms with E-state index in [1.807, 2.05) is 0 Å². The molecule has 2 N–H and O–H groups in total. The largest absolute Gasteiger partial charge is 0.396 e. The number of hydrogen-bond acceptors (Lipinski definition) is 4. The Bertz CT molecular complexity index is 525. The number of aromatic nitrogens is 2. The molecule has 1 aliphatic carbocycles. The average molecular weight is 287 g/mol. The maximum Gasteiger partial charge on any atom is 0.259 e. The third-order valence-electron chi connectivity index (χ3n) is 4.00. The van der Waals surface area contributed by atoms with Crippen molar-refractivity contribution in [3.63, 3.8) is 0 Å². The number of rotatable bonds is 5. The van der Waals surface area contributed by atoms with Crippen molar-refractivity contribution in [2.75, 3.05) is 13.2 Å². The molecular weight excluding hydrogens is 266 g/mol. The molecule has 1 aliphatic rings. The number of imidazole rings is 1. The number of aliphatic hydroxyl groups is 1. The zero-order valence-corrected chi connectivity index (χ0v) is 12.2. The van der Waals surface area contributed by atoms with Gasteiger partial charge in [0.05, 0.1) is 0 Å². The van der Waals surface area contributed by atoms with Crippen LogP contribution in [0.15, 0.2) is 11.2 Å². The molecule has 0 amide bonds. The van der Waals surface area contributed by atoms with Gasteiger partial charge in [-0.15, -0.1) is 0 Å². The van der Waals surface area contributed by atoms with E-state index in [2.05, 4.69) is 9.71 Å². The third kappa shape index (κ3) is 2.98. The molecule has 108 valence electrons. The molecule has 0 radical (unpaired) electrons. The Balaban J connectivity index is 2.09. The lowest BCUT2D eigenvalue weighted by Crippen LogP contribution is -2.38. The quantitative estimate of drug-likeness (QED) is 0.829. The molecule has 0 aliphatic heterocycles. The SMILES string of the molecule is Cc1nc(S(=O)(=O)NCC2(CO)CCCC2)cn1C. The van der Waals surface area contributed by atoms with E-state index in [4.69, 9.17) is 0 Å². The molecule has 0 saturated heterocycles. The van der Waals surface area contributed by atoms with Crippen molar-refractivity contribution in [1.82, 2.24) is 14.3 Å². The van der Waals surface area contributed by atoms with Crippen molar-refractivity contribution < 1.29 is 13.5 Å². The molecule has 1 fully saturated rings. The Morgan fingerprint density at radius 2 is 2.11 bits per heavy atom. The highest BCUT2D eigenvalue weighted by Gasteiger charge is 2.34. The van der Waals surface area contributed by atoms with Gasteiger partial charge in [-0.1, -0.05) is 12.8 Å². The van der Waals surface area contributed by atoms with Gasteiger partial charge in [-0.25, -0.2) is 18.1 Å². The molecule has 0 unspecified atom stereocenters. The molecule has 1 saturated carbocycles. The van der Waals surface area contributed by atoms with Gasteiger partial charge < -0.3 is 9.67 Å². The topological polar surface area (TPSA) is 84.2 Å². The summed E-state index contributed by atoms with van der Waals surface area (Å²) in [6.45, 7) is 2.06. The molecule has 2 rings (SSSR count). The number of aryl methyl sites for hydroxylation is 2. The molecule has 0 bridgehead atoms. The first kappa shape index (κ1) is 14.5. The minimum absolute atomic E-state index is 0.0246. The van der Waals surface area contributed by atoms with Crippen LogP contribution in [0.4, 0.5) is 0 Å². The van der Waals surface area contributed by atoms with Crippen LogP contribution in [-0.4, -0.2) is 36.2 Å². The van der Waals surface area contributed by atoms with Crippen LogP contribution in [0, 0.1) is 12.3 Å². The molecule has 1 heterocycles. The van der Waals surface area contributed by atoms with Crippen LogP contribution in [0.1, 0.15) is 31.5 Å². The highest BCUT2D eigenvalue weighted by Crippen LogP contribution is 2.37. The smallest absolute Gasteiger partial charge is 0.259 e. The van der Waals surface area contributed by atoms with E-state index in [1.165, 1.54) is 6.20 Å². The molecular formula is C12H21N3O3S. The van der Waals surface area contributed by atoms with Gasteiger partial charge in [-0.05, 0) is 19.8 Å². The molecule has 0 atom stereocenters. The maximum absolute atomic E-state index is 12.1. The summed E-state index contributed by atoms with van der Waals surface area (Å²) in [7, 11) is -1.83. The Morgan fingerprint density at radius 3 is 2.58 bits per heavy atom. The normalized spacial score (nSPS) is 18.9. The predicted octanol–water partition coefficient (Wildman–Crippen LogP) is 0.560. The molecule has 1 aromatic heterocycles. The zero-order chi connectivity index (χ0) is 14.1. The van der Waals surface area contributed by atoms with Gasteiger partial charge in [0.2, 0.25) is 0 Å². The lowest BCUT2D eigenvalue weighted by Gasteiger charge is -2.26. The summed E-state index contributed by atoms with van der Waals surface area (Å²) in [4.78, 5) is 4.03. The summed E-state index contributed by atoms with van der Waals surface area (Å²) >= 11 is 0. The Labute approximate surface area is 113 Å². The summed E-state index contributed by atoms with van der Waals surface area (Å²) < 4.78 is 28.5. The molecule has 0 spiro atoms. The second kappa shape index (κ2) is 5.22. The zero-order valence-electron chi connectivity index (χ0n) is 11.4. The van der Waals surface area contributed by atoms with Crippen LogP contribution in [0.5, 0.6) is 0 Å². The minimum atomic E-state index is -3.59. The summed E-state index contributed by atoms with van der Waals surface area (Å²) in [6, 6.07) is 0. The second-order valence-corrected chi connectivity index (χ2v) is 7.14. The summed E-state index contributed by atoms with van der Waals surface area (Å²) in [5.74, 6) is 0.651. The Morgan fingerprint density at radius 1 is 1.47 bits per heavy atom. The van der Waals surface area contributed by atoms with Crippen LogP contribution >= 0.6 is 0 Å². The van der Waals surface area contributed by atoms with Crippen molar-refractivity contribution >= 4 is 10.0 Å². The summed E-state index contributed by atoms with van der Waals surface area (Å²) in [6.07, 6.45) is 5.33. The van der Waals surface area contributed by atoms with E-state index < -0.39 is 10.0 Å². The van der Waals surface area contributed by atoms with Crippen LogP contribution in [0.25, 0.3) is 0 Å². The molecule has 7 heteroatoms. The first-order valence-corrected chi connectivity index (χ1v) is 7.97. The lowest BCUT2D eigenvalue weighted by atomic mass is 9.88. The Hall–Kier alpha value is -0.920. The number of sulfonamides is 1. The fraction of sp³-hybridized carbons (Fsp3) is 0.750. The van der Waals surface area contributed by atoms with Gasteiger partial charge in [0.15, 0.2) is 5.03 Å². The number of hydrogen-bond donors (Lipinski definition) is 2. The van der Waals surface area contributed by atoms with E-state index in [-0.39, 0.29) is 23.6 Å². The fourth-order valence-corrected chi connectivity index (χ4v) is 3.69. The summed E-state index contributed by atoms with van der Waals surface area (Å²) in [5.41, 5.74) is -0.295. The summed E-state index contributed by atoms with van der Waals surface area (Å²) in [5, 5.41) is 9.52. The number of nitrogens with one attached hydrogen (secondary N) is 1. The lowest BCUT2D eigenvalue weighted by molar-refractivity contribution is 0.134. The van der Waals surface area contributed by atoms with Crippen LogP contribution < -0.4 is 4.72 Å². The van der Waals surface area contributed by atoms with Crippen molar-refractivity contribution in [3.05, 3.63) is 12.0 Å². The number of aliphatic hydroxyl groups excluding tert-OH is 1. The first-order valence-electron chi connectivity index (χ1n) is 6.49. The van der Waals surface area contributed by atoms with Crippen molar-refractivity contribution in [1.29, 1.82) is 0 Å². The average Bonchev–Trinajstić information content (AvgIpc) is 2.96. The van der Waals surface area contributed by atoms with Gasteiger partial charge in [0, 0.05) is 31.8 Å². The van der Waals surface area contributed by atoms with E-state index in [0.717, 1.165) is 25.7 Å². The molecule has 1 aromatic rings. The highest BCUT2D eigenvalue weighted by atomic mass is 32.2. The van der Waals surface area contributed by atoms with Crippen LogP contribution in [0.2, 0.25) is 0 Å². The fourth-order valence-electron chi connectivity index (χ4n) is 2.49. The van der Waals surface area contributed by atoms with Gasteiger partial charge >= 0.3 is 0 Å². The number of nitrogens with zero attached hydrogens (tertiary/aromatic N) is 2. The second-order valence-electron chi connectivity index (χ2n) is 5.43. The third-order valence-corrected chi connectivity index (χ3v) is 5.27. The van der Waals surface area contributed by atoms with Crippen molar-refractivity contribution in [2.45, 2.75) is 37.6 Å². The molecule has 0 aromatic carbocycles. The van der Waals surface area contributed by atoms with Gasteiger partial charge in [-0.2, -0.15) is 0 Å². The standard InChI is InChI=1S/C12H21N3O3S/c1-10-14-11(7-15(10)2)19(17,18)13-8-12(9-16)5-3-4-6-12/h7,13,16H,3-6,8-9H2,1-2H3. The van der Waals surface area contributed by atoms with Crippen LogP contribution in [0.3, 0.4) is 0 Å². The van der Waals surface area contributed by atoms with E-state index in [1.54, 1.807) is 18.5 Å². The van der Waals surface area contributed by atoms with Crippen molar-refractivity contribution in [2.24, 2.45) is 12.5 Å². The van der Waals surface area contributed by atoms with Crippen LogP contribution in [-0.2, 0) is 17.1 Å². The minimum Gasteiger partial charge on any atom is -0.396 e. The first-order chi connectivity index (χ1) is 8.88. The van der Waals surface area contributed by atoms with E-state index in [9.17, 15) is 13.5 Å². The molecule has 6 nitrogen and oxygen atoms in total. The van der Waals surface area contributed by atoms with E-state index >= 15 is 0 Å².